The Labute approximate surface area is 220 Å². The van der Waals surface area contributed by atoms with Crippen LogP contribution in [-0.4, -0.2) is 41.2 Å². The average Bonchev–Trinajstić information content (AvgIpc) is 3.61. The quantitative estimate of drug-likeness (QED) is 0.282. The van der Waals surface area contributed by atoms with Crippen molar-refractivity contribution in [2.75, 3.05) is 19.0 Å². The first-order chi connectivity index (χ1) is 18.4. The molecule has 0 radical (unpaired) electrons. The Morgan fingerprint density at radius 3 is 2.53 bits per heavy atom. The summed E-state index contributed by atoms with van der Waals surface area (Å²) < 4.78 is 5.54. The Morgan fingerprint density at radius 2 is 1.87 bits per heavy atom. The summed E-state index contributed by atoms with van der Waals surface area (Å²) in [6, 6.07) is 19.6. The lowest BCUT2D eigenvalue weighted by molar-refractivity contribution is -0.384. The van der Waals surface area contributed by atoms with Crippen molar-refractivity contribution in [2.24, 2.45) is 5.92 Å². The Kier molecular flexibility index (Phi) is 5.79. The van der Waals surface area contributed by atoms with Crippen LogP contribution in [0.5, 0.6) is 5.75 Å². The van der Waals surface area contributed by atoms with Crippen molar-refractivity contribution in [1.82, 2.24) is 4.90 Å². The van der Waals surface area contributed by atoms with Gasteiger partial charge in [0.25, 0.3) is 5.69 Å². The first-order valence-electron chi connectivity index (χ1n) is 13.0. The third-order valence-electron chi connectivity index (χ3n) is 8.63. The molecule has 194 valence electrons. The number of nitrogens with zero attached hydrogens (tertiary/aromatic N) is 2. The summed E-state index contributed by atoms with van der Waals surface area (Å²) in [5.41, 5.74) is 2.74. The first-order valence-corrected chi connectivity index (χ1v) is 13.0. The van der Waals surface area contributed by atoms with E-state index in [9.17, 15) is 19.7 Å². The molecule has 3 aliphatic rings. The molecule has 4 atom stereocenters. The standard InChI is InChI=1S/C30H29N3O5/c1-3-18-6-8-20(9-7-18)28(34)27-26(19-10-12-21(13-11-19)33(36)37)25-5-4-16-32(25)30(27)23-17-22(38-2)14-15-24(23)31-29(30)35/h6-15,17,25-27H,3-5,16H2,1-2H3,(H,31,35)/t25?,26?,27?,30-/m1/s1. The van der Waals surface area contributed by atoms with Gasteiger partial charge in [-0.1, -0.05) is 43.3 Å². The lowest BCUT2D eigenvalue weighted by atomic mass is 9.68. The van der Waals surface area contributed by atoms with Gasteiger partial charge in [0.05, 0.1) is 18.0 Å². The molecule has 2 saturated heterocycles. The van der Waals surface area contributed by atoms with E-state index in [2.05, 4.69) is 17.1 Å². The molecule has 0 bridgehead atoms. The number of nitro benzene ring substituents is 1. The van der Waals surface area contributed by atoms with Crippen molar-refractivity contribution in [3.05, 3.63) is 99.1 Å². The number of ketones is 1. The van der Waals surface area contributed by atoms with Crippen molar-refractivity contribution in [3.8, 4) is 5.75 Å². The van der Waals surface area contributed by atoms with E-state index in [-0.39, 0.29) is 29.3 Å². The van der Waals surface area contributed by atoms with Gasteiger partial charge in [-0.05, 0) is 55.1 Å². The summed E-state index contributed by atoms with van der Waals surface area (Å²) in [6.45, 7) is 2.74. The predicted octanol–water partition coefficient (Wildman–Crippen LogP) is 5.07. The van der Waals surface area contributed by atoms with Crippen LogP contribution >= 0.6 is 0 Å². The number of hydrogen-bond donors (Lipinski definition) is 1. The number of anilines is 1. The summed E-state index contributed by atoms with van der Waals surface area (Å²) in [6.07, 6.45) is 2.59. The summed E-state index contributed by atoms with van der Waals surface area (Å²) in [5, 5.41) is 14.4. The second-order valence-corrected chi connectivity index (χ2v) is 10.3. The van der Waals surface area contributed by atoms with Crippen LogP contribution in [0.15, 0.2) is 66.7 Å². The number of fused-ring (bicyclic) bond motifs is 4. The van der Waals surface area contributed by atoms with Crippen LogP contribution in [0.2, 0.25) is 0 Å². The zero-order valence-corrected chi connectivity index (χ0v) is 21.3. The molecule has 8 nitrogen and oxygen atoms in total. The predicted molar refractivity (Wildman–Crippen MR) is 143 cm³/mol. The third kappa shape index (κ3) is 3.40. The molecular formula is C30H29N3O5. The van der Waals surface area contributed by atoms with Gasteiger partial charge in [0.1, 0.15) is 11.3 Å². The van der Waals surface area contributed by atoms with Gasteiger partial charge in [0, 0.05) is 40.9 Å². The molecule has 8 heteroatoms. The number of amides is 1. The SMILES string of the molecule is CCc1ccc(C(=O)C2C(c3ccc([N+](=O)[O-])cc3)C3CCCN3[C@@]23C(=O)Nc2ccc(OC)cc23)cc1. The Bertz CT molecular complexity index is 1440. The van der Waals surface area contributed by atoms with Gasteiger partial charge in [-0.2, -0.15) is 0 Å². The van der Waals surface area contributed by atoms with Crippen LogP contribution in [0, 0.1) is 16.0 Å². The van der Waals surface area contributed by atoms with Crippen LogP contribution in [-0.2, 0) is 16.8 Å². The summed E-state index contributed by atoms with van der Waals surface area (Å²) >= 11 is 0. The number of nitro groups is 1. The van der Waals surface area contributed by atoms with E-state index >= 15 is 0 Å². The van der Waals surface area contributed by atoms with Crippen molar-refractivity contribution < 1.29 is 19.2 Å². The van der Waals surface area contributed by atoms with E-state index in [1.165, 1.54) is 12.1 Å². The van der Waals surface area contributed by atoms with Gasteiger partial charge in [-0.25, -0.2) is 0 Å². The van der Waals surface area contributed by atoms with E-state index in [1.807, 2.05) is 42.5 Å². The topological polar surface area (TPSA) is 102 Å². The molecule has 0 aromatic heterocycles. The van der Waals surface area contributed by atoms with Crippen LogP contribution in [0.3, 0.4) is 0 Å². The summed E-state index contributed by atoms with van der Waals surface area (Å²) in [7, 11) is 1.59. The van der Waals surface area contributed by atoms with Gasteiger partial charge in [-0.15, -0.1) is 0 Å². The fourth-order valence-corrected chi connectivity index (χ4v) is 6.94. The second-order valence-electron chi connectivity index (χ2n) is 10.3. The minimum atomic E-state index is -1.21. The van der Waals surface area contributed by atoms with Crippen molar-refractivity contribution in [2.45, 2.75) is 43.7 Å². The highest BCUT2D eigenvalue weighted by atomic mass is 16.6. The third-order valence-corrected chi connectivity index (χ3v) is 8.63. The molecule has 3 aromatic rings. The van der Waals surface area contributed by atoms with Crippen LogP contribution in [0.1, 0.15) is 52.7 Å². The number of Topliss-reactive ketones (excluding diaryl/α,β-unsaturated/α-hetero) is 1. The lowest BCUT2D eigenvalue weighted by Gasteiger charge is -2.37. The van der Waals surface area contributed by atoms with Crippen molar-refractivity contribution in [1.29, 1.82) is 0 Å². The van der Waals surface area contributed by atoms with E-state index < -0.39 is 16.4 Å². The number of nitrogens with one attached hydrogen (secondary N) is 1. The van der Waals surface area contributed by atoms with Crippen molar-refractivity contribution in [3.63, 3.8) is 0 Å². The van der Waals surface area contributed by atoms with E-state index in [1.54, 1.807) is 19.2 Å². The maximum atomic E-state index is 14.6. The molecular weight excluding hydrogens is 482 g/mol. The maximum absolute atomic E-state index is 14.6. The number of carbonyl (C=O) groups is 2. The highest BCUT2D eigenvalue weighted by molar-refractivity contribution is 6.12. The fraction of sp³-hybridized carbons (Fsp3) is 0.333. The number of methoxy groups -OCH3 is 1. The zero-order valence-electron chi connectivity index (χ0n) is 21.3. The molecule has 3 aromatic carbocycles. The number of hydrogen-bond acceptors (Lipinski definition) is 6. The van der Waals surface area contributed by atoms with Gasteiger partial charge in [0.2, 0.25) is 5.91 Å². The molecule has 2 fully saturated rings. The molecule has 6 rings (SSSR count). The Balaban J connectivity index is 1.58. The number of aryl methyl sites for hydroxylation is 1. The van der Waals surface area contributed by atoms with Gasteiger partial charge in [0.15, 0.2) is 5.78 Å². The van der Waals surface area contributed by atoms with Gasteiger partial charge < -0.3 is 10.1 Å². The smallest absolute Gasteiger partial charge is 0.269 e. The molecule has 3 aliphatic heterocycles. The molecule has 1 N–H and O–H groups in total. The van der Waals surface area contributed by atoms with Crippen LogP contribution < -0.4 is 10.1 Å². The van der Waals surface area contributed by atoms with Crippen LogP contribution in [0.4, 0.5) is 11.4 Å². The largest absolute Gasteiger partial charge is 0.497 e. The molecule has 0 saturated carbocycles. The number of ether oxygens (including phenoxy) is 1. The molecule has 38 heavy (non-hydrogen) atoms. The number of non-ortho nitro benzene ring substituents is 1. The Hall–Kier alpha value is -4.04. The van der Waals surface area contributed by atoms with Crippen molar-refractivity contribution >= 4 is 23.1 Å². The molecule has 1 spiro atoms. The lowest BCUT2D eigenvalue weighted by Crippen LogP contribution is -2.52. The number of benzene rings is 3. The van der Waals surface area contributed by atoms with E-state index in [0.29, 0.717) is 23.5 Å². The highest BCUT2D eigenvalue weighted by Gasteiger charge is 2.69. The molecule has 0 aliphatic carbocycles. The minimum absolute atomic E-state index is 0.00328. The first kappa shape index (κ1) is 24.3. The second kappa shape index (κ2) is 9.06. The van der Waals surface area contributed by atoms with E-state index in [4.69, 9.17) is 4.74 Å². The highest BCUT2D eigenvalue weighted by Crippen LogP contribution is 2.61. The normalized spacial score (nSPS) is 25.7. The molecule has 3 heterocycles. The fourth-order valence-electron chi connectivity index (χ4n) is 6.94. The van der Waals surface area contributed by atoms with E-state index in [0.717, 1.165) is 36.0 Å². The number of rotatable bonds is 6. The summed E-state index contributed by atoms with van der Waals surface area (Å²) in [5.74, 6) is -0.737. The Morgan fingerprint density at radius 1 is 1.13 bits per heavy atom. The monoisotopic (exact) mass is 511 g/mol. The van der Waals surface area contributed by atoms with Crippen LogP contribution in [0.25, 0.3) is 0 Å². The molecule has 3 unspecified atom stereocenters. The van der Waals surface area contributed by atoms with Gasteiger partial charge in [-0.3, -0.25) is 24.6 Å². The maximum Gasteiger partial charge on any atom is 0.269 e. The summed E-state index contributed by atoms with van der Waals surface area (Å²) in [4.78, 5) is 41.8. The minimum Gasteiger partial charge on any atom is -0.497 e. The zero-order chi connectivity index (χ0) is 26.6. The molecule has 1 amide bonds. The average molecular weight is 512 g/mol. The number of carbonyl (C=O) groups excluding carboxylic acids is 2. The van der Waals surface area contributed by atoms with Gasteiger partial charge >= 0.3 is 0 Å².